The van der Waals surface area contributed by atoms with Crippen molar-refractivity contribution in [2.75, 3.05) is 13.1 Å². The number of unbranched alkanes of at least 4 members (excludes halogenated alkanes) is 1. The predicted molar refractivity (Wildman–Crippen MR) is 81.8 cm³/mol. The van der Waals surface area contributed by atoms with Crippen LogP contribution in [0.2, 0.25) is 0 Å². The molecule has 1 aliphatic heterocycles. The number of nitrogens with zero attached hydrogens (tertiary/aromatic N) is 1. The summed E-state index contributed by atoms with van der Waals surface area (Å²) in [4.78, 5) is 13.8. The first-order chi connectivity index (χ1) is 9.50. The molecule has 1 aliphatic carbocycles. The average molecular weight is 281 g/mol. The summed E-state index contributed by atoms with van der Waals surface area (Å²) in [5, 5.41) is 9.13. The molecule has 0 amide bonds. The van der Waals surface area contributed by atoms with E-state index < -0.39 is 11.4 Å². The van der Waals surface area contributed by atoms with Gasteiger partial charge in [0.05, 0.1) is 5.41 Å². The maximum Gasteiger partial charge on any atom is 0.309 e. The lowest BCUT2D eigenvalue weighted by molar-refractivity contribution is -0.147. The van der Waals surface area contributed by atoms with E-state index in [0.717, 1.165) is 31.2 Å². The molecule has 3 heteroatoms. The molecule has 20 heavy (non-hydrogen) atoms. The molecule has 0 aromatic rings. The van der Waals surface area contributed by atoms with Crippen molar-refractivity contribution < 1.29 is 9.90 Å². The average Bonchev–Trinajstić information content (AvgIpc) is 2.43. The van der Waals surface area contributed by atoms with Crippen LogP contribution in [0.15, 0.2) is 0 Å². The Labute approximate surface area is 123 Å². The van der Waals surface area contributed by atoms with Crippen LogP contribution in [0.3, 0.4) is 0 Å². The van der Waals surface area contributed by atoms with Crippen LogP contribution in [0.5, 0.6) is 0 Å². The lowest BCUT2D eigenvalue weighted by Crippen LogP contribution is -2.47. The summed E-state index contributed by atoms with van der Waals surface area (Å²) in [5.74, 6) is 0.288. The summed E-state index contributed by atoms with van der Waals surface area (Å²) in [6.45, 7) is 6.13. The van der Waals surface area contributed by atoms with E-state index in [1.54, 1.807) is 0 Å². The molecule has 2 unspecified atom stereocenters. The third-order valence-corrected chi connectivity index (χ3v) is 5.43. The van der Waals surface area contributed by atoms with E-state index in [1.807, 2.05) is 13.8 Å². The van der Waals surface area contributed by atoms with Crippen molar-refractivity contribution in [1.82, 2.24) is 4.90 Å². The standard InChI is InChI=1S/C17H31NO2/c1-17(2,16(19)20)11-5-6-12-18-13-7-9-14-8-3-4-10-15(14)18/h14-15H,3-13H2,1-2H3,(H,19,20). The Morgan fingerprint density at radius 1 is 1.15 bits per heavy atom. The van der Waals surface area contributed by atoms with E-state index in [0.29, 0.717) is 0 Å². The highest BCUT2D eigenvalue weighted by Gasteiger charge is 2.33. The quantitative estimate of drug-likeness (QED) is 0.750. The van der Waals surface area contributed by atoms with Crippen LogP contribution in [0, 0.1) is 11.3 Å². The van der Waals surface area contributed by atoms with Crippen LogP contribution >= 0.6 is 0 Å². The van der Waals surface area contributed by atoms with Crippen molar-refractivity contribution >= 4 is 5.97 Å². The first-order valence-corrected chi connectivity index (χ1v) is 8.48. The Bertz CT molecular complexity index is 325. The molecule has 0 aromatic carbocycles. The van der Waals surface area contributed by atoms with Crippen molar-refractivity contribution in [3.05, 3.63) is 0 Å². The number of aliphatic carboxylic acids is 1. The molecule has 0 radical (unpaired) electrons. The second-order valence-corrected chi connectivity index (χ2v) is 7.44. The van der Waals surface area contributed by atoms with Crippen LogP contribution < -0.4 is 0 Å². The molecular weight excluding hydrogens is 250 g/mol. The second kappa shape index (κ2) is 6.93. The molecule has 1 saturated heterocycles. The molecule has 2 fully saturated rings. The van der Waals surface area contributed by atoms with Crippen LogP contribution in [0.1, 0.15) is 71.6 Å². The number of hydrogen-bond acceptors (Lipinski definition) is 2. The largest absolute Gasteiger partial charge is 0.481 e. The molecule has 3 nitrogen and oxygen atoms in total. The van der Waals surface area contributed by atoms with Gasteiger partial charge < -0.3 is 10.0 Å². The summed E-state index contributed by atoms with van der Waals surface area (Å²) in [6.07, 6.45) is 11.5. The number of hydrogen-bond donors (Lipinski definition) is 1. The van der Waals surface area contributed by atoms with E-state index in [4.69, 9.17) is 5.11 Å². The summed E-state index contributed by atoms with van der Waals surface area (Å²) in [5.41, 5.74) is -0.560. The van der Waals surface area contributed by atoms with Gasteiger partial charge in [-0.05, 0) is 71.4 Å². The summed E-state index contributed by atoms with van der Waals surface area (Å²) >= 11 is 0. The highest BCUT2D eigenvalue weighted by Crippen LogP contribution is 2.35. The highest BCUT2D eigenvalue weighted by molar-refractivity contribution is 5.73. The Morgan fingerprint density at radius 3 is 2.60 bits per heavy atom. The number of piperidine rings is 1. The maximum absolute atomic E-state index is 11.1. The SMILES string of the molecule is CC(C)(CCCCN1CCCC2CCCCC21)C(=O)O. The van der Waals surface area contributed by atoms with Crippen molar-refractivity contribution in [2.24, 2.45) is 11.3 Å². The number of fused-ring (bicyclic) bond motifs is 1. The fourth-order valence-corrected chi connectivity index (χ4v) is 3.99. The van der Waals surface area contributed by atoms with E-state index >= 15 is 0 Å². The van der Waals surface area contributed by atoms with Gasteiger partial charge in [-0.2, -0.15) is 0 Å². The second-order valence-electron chi connectivity index (χ2n) is 7.44. The zero-order valence-corrected chi connectivity index (χ0v) is 13.2. The van der Waals surface area contributed by atoms with Gasteiger partial charge in [-0.15, -0.1) is 0 Å². The van der Waals surface area contributed by atoms with Gasteiger partial charge in [0.25, 0.3) is 0 Å². The number of carbonyl (C=O) groups is 1. The monoisotopic (exact) mass is 281 g/mol. The van der Waals surface area contributed by atoms with E-state index in [1.165, 1.54) is 51.6 Å². The minimum absolute atomic E-state index is 0.560. The van der Waals surface area contributed by atoms with Gasteiger partial charge >= 0.3 is 5.97 Å². The van der Waals surface area contributed by atoms with Gasteiger partial charge in [-0.25, -0.2) is 0 Å². The molecule has 0 spiro atoms. The first-order valence-electron chi connectivity index (χ1n) is 8.48. The zero-order valence-electron chi connectivity index (χ0n) is 13.2. The third kappa shape index (κ3) is 3.97. The highest BCUT2D eigenvalue weighted by atomic mass is 16.4. The summed E-state index contributed by atoms with van der Waals surface area (Å²) in [7, 11) is 0. The number of rotatable bonds is 6. The van der Waals surface area contributed by atoms with E-state index in [9.17, 15) is 4.79 Å². The topological polar surface area (TPSA) is 40.5 Å². The van der Waals surface area contributed by atoms with Gasteiger partial charge in [0, 0.05) is 6.04 Å². The fraction of sp³-hybridized carbons (Fsp3) is 0.941. The Balaban J connectivity index is 1.72. The van der Waals surface area contributed by atoms with Gasteiger partial charge in [0.2, 0.25) is 0 Å². The smallest absolute Gasteiger partial charge is 0.309 e. The van der Waals surface area contributed by atoms with E-state index in [2.05, 4.69) is 4.90 Å². The van der Waals surface area contributed by atoms with Crippen molar-refractivity contribution in [1.29, 1.82) is 0 Å². The molecule has 0 bridgehead atoms. The summed E-state index contributed by atoms with van der Waals surface area (Å²) < 4.78 is 0. The van der Waals surface area contributed by atoms with Crippen molar-refractivity contribution in [2.45, 2.75) is 77.7 Å². The number of likely N-dealkylation sites (tertiary alicyclic amines) is 1. The molecule has 1 saturated carbocycles. The van der Waals surface area contributed by atoms with E-state index in [-0.39, 0.29) is 0 Å². The molecule has 1 N–H and O–H groups in total. The predicted octanol–water partition coefficient (Wildman–Crippen LogP) is 3.92. The lowest BCUT2D eigenvalue weighted by atomic mass is 9.78. The number of carboxylic acid groups (broad SMARTS) is 1. The Kier molecular flexibility index (Phi) is 5.48. The Morgan fingerprint density at radius 2 is 1.85 bits per heavy atom. The van der Waals surface area contributed by atoms with Gasteiger partial charge in [-0.1, -0.05) is 19.3 Å². The van der Waals surface area contributed by atoms with Gasteiger partial charge in [0.1, 0.15) is 0 Å². The summed E-state index contributed by atoms with van der Waals surface area (Å²) in [6, 6.07) is 0.838. The molecular formula is C17H31NO2. The van der Waals surface area contributed by atoms with Crippen LogP contribution in [-0.2, 0) is 4.79 Å². The Hall–Kier alpha value is -0.570. The molecule has 116 valence electrons. The van der Waals surface area contributed by atoms with Crippen molar-refractivity contribution in [3.63, 3.8) is 0 Å². The van der Waals surface area contributed by atoms with Crippen LogP contribution in [-0.4, -0.2) is 35.1 Å². The lowest BCUT2D eigenvalue weighted by Gasteiger charge is -2.44. The minimum Gasteiger partial charge on any atom is -0.481 e. The molecule has 2 atom stereocenters. The molecule has 1 heterocycles. The van der Waals surface area contributed by atoms with Gasteiger partial charge in [-0.3, -0.25) is 4.79 Å². The maximum atomic E-state index is 11.1. The minimum atomic E-state index is -0.664. The van der Waals surface area contributed by atoms with Crippen LogP contribution in [0.25, 0.3) is 0 Å². The normalized spacial score (nSPS) is 28.1. The molecule has 2 aliphatic rings. The zero-order chi connectivity index (χ0) is 14.6. The van der Waals surface area contributed by atoms with Crippen molar-refractivity contribution in [3.8, 4) is 0 Å². The number of carboxylic acids is 1. The van der Waals surface area contributed by atoms with Crippen LogP contribution in [0.4, 0.5) is 0 Å². The van der Waals surface area contributed by atoms with Gasteiger partial charge in [0.15, 0.2) is 0 Å². The third-order valence-electron chi connectivity index (χ3n) is 5.43. The molecule has 0 aromatic heterocycles. The molecule has 2 rings (SSSR count). The first kappa shape index (κ1) is 15.8. The fourth-order valence-electron chi connectivity index (χ4n) is 3.99.